The molecule has 0 unspecified atom stereocenters. The van der Waals surface area contributed by atoms with Crippen molar-refractivity contribution >= 4 is 5.97 Å². The molecule has 17 heavy (non-hydrogen) atoms. The summed E-state index contributed by atoms with van der Waals surface area (Å²) in [5.74, 6) is -0.148. The van der Waals surface area contributed by atoms with Gasteiger partial charge in [-0.25, -0.2) is 0 Å². The Bertz CT molecular complexity index is 259. The summed E-state index contributed by atoms with van der Waals surface area (Å²) in [4.78, 5) is 11.0. The van der Waals surface area contributed by atoms with Gasteiger partial charge in [-0.05, 0) is 40.5 Å². The third kappa shape index (κ3) is 5.04. The SMILES string of the molecule is COC(=O)CCNC1CC(C)(C)NC(C)(C)C1. The fourth-order valence-electron chi connectivity index (χ4n) is 2.95. The fraction of sp³-hybridized carbons (Fsp3) is 0.923. The number of methoxy groups -OCH3 is 1. The van der Waals surface area contributed by atoms with Crippen LogP contribution in [0.25, 0.3) is 0 Å². The van der Waals surface area contributed by atoms with Gasteiger partial charge in [0.15, 0.2) is 0 Å². The molecule has 0 aliphatic carbocycles. The van der Waals surface area contributed by atoms with Crippen LogP contribution in [0.15, 0.2) is 0 Å². The van der Waals surface area contributed by atoms with Crippen molar-refractivity contribution in [1.82, 2.24) is 10.6 Å². The van der Waals surface area contributed by atoms with Gasteiger partial charge in [0.2, 0.25) is 0 Å². The van der Waals surface area contributed by atoms with E-state index in [2.05, 4.69) is 43.1 Å². The molecule has 0 aromatic rings. The smallest absolute Gasteiger partial charge is 0.306 e. The van der Waals surface area contributed by atoms with Crippen LogP contribution in [-0.2, 0) is 9.53 Å². The third-order valence-corrected chi connectivity index (χ3v) is 3.18. The molecule has 0 spiro atoms. The van der Waals surface area contributed by atoms with E-state index < -0.39 is 0 Å². The van der Waals surface area contributed by atoms with Crippen molar-refractivity contribution < 1.29 is 9.53 Å². The molecule has 0 saturated carbocycles. The van der Waals surface area contributed by atoms with Crippen LogP contribution < -0.4 is 10.6 Å². The van der Waals surface area contributed by atoms with Crippen LogP contribution in [0.2, 0.25) is 0 Å². The van der Waals surface area contributed by atoms with Crippen molar-refractivity contribution in [2.45, 2.75) is 64.1 Å². The molecule has 0 aromatic heterocycles. The number of hydrogen-bond acceptors (Lipinski definition) is 4. The quantitative estimate of drug-likeness (QED) is 0.733. The molecule has 1 fully saturated rings. The Kier molecular flexibility index (Phi) is 4.55. The maximum atomic E-state index is 11.0. The summed E-state index contributed by atoms with van der Waals surface area (Å²) in [6, 6.07) is 0.464. The summed E-state index contributed by atoms with van der Waals surface area (Å²) < 4.78 is 4.63. The Balaban J connectivity index is 2.40. The van der Waals surface area contributed by atoms with Crippen molar-refractivity contribution in [3.63, 3.8) is 0 Å². The molecular formula is C13H26N2O2. The average Bonchev–Trinajstić information content (AvgIpc) is 2.12. The first-order chi connectivity index (χ1) is 7.74. The molecule has 1 heterocycles. The summed E-state index contributed by atoms with van der Waals surface area (Å²) in [6.45, 7) is 9.60. The van der Waals surface area contributed by atoms with Crippen molar-refractivity contribution in [2.75, 3.05) is 13.7 Å². The van der Waals surface area contributed by atoms with Crippen LogP contribution >= 0.6 is 0 Å². The maximum Gasteiger partial charge on any atom is 0.306 e. The van der Waals surface area contributed by atoms with Gasteiger partial charge in [-0.2, -0.15) is 0 Å². The highest BCUT2D eigenvalue weighted by Gasteiger charge is 2.37. The molecule has 0 amide bonds. The first kappa shape index (κ1) is 14.5. The van der Waals surface area contributed by atoms with Crippen LogP contribution in [0.3, 0.4) is 0 Å². The lowest BCUT2D eigenvalue weighted by Gasteiger charge is -2.46. The van der Waals surface area contributed by atoms with Gasteiger partial charge in [0, 0.05) is 23.7 Å². The van der Waals surface area contributed by atoms with Gasteiger partial charge in [-0.3, -0.25) is 4.79 Å². The molecule has 4 nitrogen and oxygen atoms in total. The Morgan fingerprint density at radius 3 is 2.29 bits per heavy atom. The van der Waals surface area contributed by atoms with E-state index in [0.717, 1.165) is 12.8 Å². The zero-order chi connectivity index (χ0) is 13.1. The van der Waals surface area contributed by atoms with Crippen molar-refractivity contribution in [3.05, 3.63) is 0 Å². The van der Waals surface area contributed by atoms with E-state index in [0.29, 0.717) is 19.0 Å². The Morgan fingerprint density at radius 2 is 1.82 bits per heavy atom. The number of carbonyl (C=O) groups excluding carboxylic acids is 1. The van der Waals surface area contributed by atoms with Gasteiger partial charge in [-0.15, -0.1) is 0 Å². The molecule has 1 saturated heterocycles. The predicted molar refractivity (Wildman–Crippen MR) is 69.0 cm³/mol. The second kappa shape index (κ2) is 5.36. The molecule has 1 aliphatic heterocycles. The minimum absolute atomic E-state index is 0.144. The van der Waals surface area contributed by atoms with Crippen LogP contribution in [0.5, 0.6) is 0 Å². The van der Waals surface area contributed by atoms with Gasteiger partial charge >= 0.3 is 5.97 Å². The molecule has 0 aromatic carbocycles. The van der Waals surface area contributed by atoms with Crippen LogP contribution in [0, 0.1) is 0 Å². The van der Waals surface area contributed by atoms with E-state index in [-0.39, 0.29) is 17.0 Å². The van der Waals surface area contributed by atoms with Gasteiger partial charge in [0.05, 0.1) is 13.5 Å². The minimum atomic E-state index is -0.148. The maximum absolute atomic E-state index is 11.0. The zero-order valence-corrected chi connectivity index (χ0v) is 11.7. The van der Waals surface area contributed by atoms with E-state index >= 15 is 0 Å². The number of carbonyl (C=O) groups is 1. The zero-order valence-electron chi connectivity index (χ0n) is 11.7. The number of piperidine rings is 1. The van der Waals surface area contributed by atoms with E-state index in [1.807, 2.05) is 0 Å². The van der Waals surface area contributed by atoms with Crippen molar-refractivity contribution in [1.29, 1.82) is 0 Å². The second-order valence-corrected chi connectivity index (χ2v) is 6.28. The number of rotatable bonds is 4. The molecule has 4 heteroatoms. The Labute approximate surface area is 104 Å². The average molecular weight is 242 g/mol. The summed E-state index contributed by atoms with van der Waals surface area (Å²) in [6.07, 6.45) is 2.61. The Hall–Kier alpha value is -0.610. The van der Waals surface area contributed by atoms with E-state index in [1.54, 1.807) is 0 Å². The predicted octanol–water partition coefficient (Wildman–Crippen LogP) is 1.45. The highest BCUT2D eigenvalue weighted by atomic mass is 16.5. The molecule has 0 atom stereocenters. The monoisotopic (exact) mass is 242 g/mol. The van der Waals surface area contributed by atoms with Gasteiger partial charge in [-0.1, -0.05) is 0 Å². The van der Waals surface area contributed by atoms with Gasteiger partial charge in [0.25, 0.3) is 0 Å². The molecule has 0 radical (unpaired) electrons. The van der Waals surface area contributed by atoms with Crippen LogP contribution in [0.4, 0.5) is 0 Å². The van der Waals surface area contributed by atoms with Crippen molar-refractivity contribution in [3.8, 4) is 0 Å². The lowest BCUT2D eigenvalue weighted by atomic mass is 9.79. The van der Waals surface area contributed by atoms with E-state index in [1.165, 1.54) is 7.11 Å². The molecular weight excluding hydrogens is 216 g/mol. The van der Waals surface area contributed by atoms with E-state index in [4.69, 9.17) is 0 Å². The molecule has 1 aliphatic rings. The highest BCUT2D eigenvalue weighted by Crippen LogP contribution is 2.28. The summed E-state index contributed by atoms with van der Waals surface area (Å²) in [5.41, 5.74) is 0.287. The lowest BCUT2D eigenvalue weighted by molar-refractivity contribution is -0.140. The minimum Gasteiger partial charge on any atom is -0.469 e. The number of hydrogen-bond donors (Lipinski definition) is 2. The highest BCUT2D eigenvalue weighted by molar-refractivity contribution is 5.69. The molecule has 100 valence electrons. The summed E-state index contributed by atoms with van der Waals surface area (Å²) in [7, 11) is 1.43. The fourth-order valence-corrected chi connectivity index (χ4v) is 2.95. The van der Waals surface area contributed by atoms with Crippen LogP contribution in [-0.4, -0.2) is 36.7 Å². The second-order valence-electron chi connectivity index (χ2n) is 6.28. The molecule has 2 N–H and O–H groups in total. The number of esters is 1. The largest absolute Gasteiger partial charge is 0.469 e. The first-order valence-corrected chi connectivity index (χ1v) is 6.34. The normalized spacial score (nSPS) is 23.4. The van der Waals surface area contributed by atoms with E-state index in [9.17, 15) is 4.79 Å². The van der Waals surface area contributed by atoms with Gasteiger partial charge < -0.3 is 15.4 Å². The number of nitrogens with one attached hydrogen (secondary N) is 2. The first-order valence-electron chi connectivity index (χ1n) is 6.34. The topological polar surface area (TPSA) is 50.4 Å². The molecule has 1 rings (SSSR count). The van der Waals surface area contributed by atoms with Gasteiger partial charge in [0.1, 0.15) is 0 Å². The molecule has 0 bridgehead atoms. The standard InChI is InChI=1S/C13H26N2O2/c1-12(2)8-10(9-13(3,4)15-12)14-7-6-11(16)17-5/h10,14-15H,6-9H2,1-5H3. The lowest BCUT2D eigenvalue weighted by Crippen LogP contribution is -2.61. The van der Waals surface area contributed by atoms with Crippen LogP contribution in [0.1, 0.15) is 47.0 Å². The third-order valence-electron chi connectivity index (χ3n) is 3.18. The summed E-state index contributed by atoms with van der Waals surface area (Å²) >= 11 is 0. The number of ether oxygens (including phenoxy) is 1. The Morgan fingerprint density at radius 1 is 1.29 bits per heavy atom. The van der Waals surface area contributed by atoms with Crippen molar-refractivity contribution in [2.24, 2.45) is 0 Å². The summed E-state index contributed by atoms with van der Waals surface area (Å²) in [5, 5.41) is 7.10.